The first kappa shape index (κ1) is 26.2. The summed E-state index contributed by atoms with van der Waals surface area (Å²) in [6, 6.07) is 33.8. The van der Waals surface area contributed by atoms with Crippen LogP contribution in [0.5, 0.6) is 0 Å². The first-order chi connectivity index (χ1) is 19.0. The van der Waals surface area contributed by atoms with Crippen molar-refractivity contribution in [1.29, 1.82) is 0 Å². The van der Waals surface area contributed by atoms with Crippen molar-refractivity contribution in [3.05, 3.63) is 131 Å². The summed E-state index contributed by atoms with van der Waals surface area (Å²) in [6.45, 7) is 5.63. The van der Waals surface area contributed by atoms with Crippen molar-refractivity contribution in [2.75, 3.05) is 16.8 Å². The van der Waals surface area contributed by atoms with Gasteiger partial charge in [0.25, 0.3) is 5.91 Å². The van der Waals surface area contributed by atoms with Crippen molar-refractivity contribution >= 4 is 23.2 Å². The van der Waals surface area contributed by atoms with E-state index in [1.165, 1.54) is 11.1 Å². The third-order valence-electron chi connectivity index (χ3n) is 7.50. The zero-order valence-electron chi connectivity index (χ0n) is 22.6. The summed E-state index contributed by atoms with van der Waals surface area (Å²) >= 11 is 0. The highest BCUT2D eigenvalue weighted by Gasteiger charge is 2.25. The summed E-state index contributed by atoms with van der Waals surface area (Å²) < 4.78 is 0. The van der Waals surface area contributed by atoms with Gasteiger partial charge in [0, 0.05) is 30.5 Å². The predicted octanol–water partition coefficient (Wildman–Crippen LogP) is 6.55. The van der Waals surface area contributed by atoms with E-state index in [4.69, 9.17) is 0 Å². The van der Waals surface area contributed by atoms with Crippen molar-refractivity contribution in [3.8, 4) is 0 Å². The van der Waals surface area contributed by atoms with Gasteiger partial charge in [0.2, 0.25) is 5.91 Å². The van der Waals surface area contributed by atoms with E-state index in [-0.39, 0.29) is 17.9 Å². The Morgan fingerprint density at radius 3 is 2.08 bits per heavy atom. The molecule has 2 amide bonds. The lowest BCUT2D eigenvalue weighted by Crippen LogP contribution is -2.36. The molecule has 0 bridgehead atoms. The Morgan fingerprint density at radius 2 is 1.44 bits per heavy atom. The van der Waals surface area contributed by atoms with Gasteiger partial charge >= 0.3 is 0 Å². The monoisotopic (exact) mass is 517 g/mol. The lowest BCUT2D eigenvalue weighted by molar-refractivity contribution is -0.116. The van der Waals surface area contributed by atoms with Gasteiger partial charge in [0.15, 0.2) is 0 Å². The average molecular weight is 518 g/mol. The second kappa shape index (κ2) is 12.0. The van der Waals surface area contributed by atoms with Crippen LogP contribution in [-0.4, -0.2) is 24.4 Å². The third kappa shape index (κ3) is 6.04. The van der Waals surface area contributed by atoms with E-state index in [1.54, 1.807) is 0 Å². The van der Waals surface area contributed by atoms with Crippen LogP contribution < -0.4 is 15.5 Å². The minimum absolute atomic E-state index is 0.0474. The van der Waals surface area contributed by atoms with Crippen molar-refractivity contribution in [2.24, 2.45) is 0 Å². The number of rotatable bonds is 8. The number of nitrogens with zero attached hydrogens (tertiary/aromatic N) is 1. The SMILES string of the molecule is CCC(C)NC(=O)c1cc(NC(=O)C(c2ccccc2)c2ccccc2)ccc1N1CCc2ccccc2C1. The topological polar surface area (TPSA) is 61.4 Å². The van der Waals surface area contributed by atoms with Crippen LogP contribution in [0.3, 0.4) is 0 Å². The molecule has 4 aromatic rings. The number of hydrogen-bond acceptors (Lipinski definition) is 3. The Balaban J connectivity index is 1.46. The van der Waals surface area contributed by atoms with Crippen LogP contribution in [0.4, 0.5) is 11.4 Å². The van der Waals surface area contributed by atoms with Gasteiger partial charge in [-0.05, 0) is 60.2 Å². The largest absolute Gasteiger partial charge is 0.366 e. The number of anilines is 2. The van der Waals surface area contributed by atoms with E-state index in [0.717, 1.165) is 42.7 Å². The molecule has 4 aromatic carbocycles. The maximum atomic E-state index is 13.7. The molecule has 0 saturated carbocycles. The standard InChI is InChI=1S/C34H35N3O2/c1-3-24(2)35-33(38)30-22-29(18-19-31(30)37-21-20-25-12-10-11-17-28(25)23-37)36-34(39)32(26-13-6-4-7-14-26)27-15-8-5-9-16-27/h4-19,22,24,32H,3,20-21,23H2,1-2H3,(H,35,38)(H,36,39). The average Bonchev–Trinajstić information content (AvgIpc) is 2.98. The van der Waals surface area contributed by atoms with Gasteiger partial charge in [-0.3, -0.25) is 9.59 Å². The summed E-state index contributed by atoms with van der Waals surface area (Å²) in [6.07, 6.45) is 1.77. The summed E-state index contributed by atoms with van der Waals surface area (Å²) in [5.41, 5.74) is 6.53. The quantitative estimate of drug-likeness (QED) is 0.279. The van der Waals surface area contributed by atoms with E-state index in [9.17, 15) is 9.59 Å². The Kier molecular flexibility index (Phi) is 8.07. The first-order valence-electron chi connectivity index (χ1n) is 13.7. The molecule has 0 radical (unpaired) electrons. The minimum Gasteiger partial charge on any atom is -0.366 e. The maximum Gasteiger partial charge on any atom is 0.253 e. The number of fused-ring (bicyclic) bond motifs is 1. The molecule has 5 heteroatoms. The van der Waals surface area contributed by atoms with Gasteiger partial charge < -0.3 is 15.5 Å². The van der Waals surface area contributed by atoms with Crippen LogP contribution in [0.15, 0.2) is 103 Å². The maximum absolute atomic E-state index is 13.7. The van der Waals surface area contributed by atoms with Crippen LogP contribution in [0, 0.1) is 0 Å². The highest BCUT2D eigenvalue weighted by Crippen LogP contribution is 2.31. The van der Waals surface area contributed by atoms with E-state index in [2.05, 4.69) is 46.7 Å². The third-order valence-corrected chi connectivity index (χ3v) is 7.50. The molecule has 0 saturated heterocycles. The summed E-state index contributed by atoms with van der Waals surface area (Å²) in [5, 5.41) is 6.23. The van der Waals surface area contributed by atoms with E-state index < -0.39 is 5.92 Å². The second-order valence-corrected chi connectivity index (χ2v) is 10.2. The Labute approximate surface area is 230 Å². The molecule has 1 atom stereocenters. The van der Waals surface area contributed by atoms with E-state index >= 15 is 0 Å². The van der Waals surface area contributed by atoms with Crippen molar-refractivity contribution < 1.29 is 9.59 Å². The molecule has 0 aliphatic carbocycles. The van der Waals surface area contributed by atoms with Crippen LogP contribution >= 0.6 is 0 Å². The summed E-state index contributed by atoms with van der Waals surface area (Å²) in [5.74, 6) is -0.736. The number of hydrogen-bond donors (Lipinski definition) is 2. The molecule has 0 spiro atoms. The van der Waals surface area contributed by atoms with Crippen LogP contribution in [-0.2, 0) is 17.8 Å². The van der Waals surface area contributed by atoms with Crippen molar-refractivity contribution in [2.45, 2.75) is 45.2 Å². The molecule has 0 aromatic heterocycles. The molecule has 1 aliphatic rings. The molecule has 5 rings (SSSR count). The lowest BCUT2D eigenvalue weighted by Gasteiger charge is -2.32. The lowest BCUT2D eigenvalue weighted by atomic mass is 9.90. The van der Waals surface area contributed by atoms with Crippen LogP contribution in [0.1, 0.15) is 58.8 Å². The number of benzene rings is 4. The first-order valence-corrected chi connectivity index (χ1v) is 13.7. The molecule has 5 nitrogen and oxygen atoms in total. The molecular weight excluding hydrogens is 482 g/mol. The summed E-state index contributed by atoms with van der Waals surface area (Å²) in [4.78, 5) is 29.5. The highest BCUT2D eigenvalue weighted by molar-refractivity contribution is 6.03. The Hall–Kier alpha value is -4.38. The normalized spacial score (nSPS) is 13.5. The van der Waals surface area contributed by atoms with Gasteiger partial charge in [0.1, 0.15) is 0 Å². The number of amides is 2. The minimum atomic E-state index is -0.469. The number of nitrogens with one attached hydrogen (secondary N) is 2. The smallest absolute Gasteiger partial charge is 0.253 e. The van der Waals surface area contributed by atoms with Crippen LogP contribution in [0.2, 0.25) is 0 Å². The zero-order chi connectivity index (χ0) is 27.2. The van der Waals surface area contributed by atoms with Gasteiger partial charge in [-0.25, -0.2) is 0 Å². The summed E-state index contributed by atoms with van der Waals surface area (Å²) in [7, 11) is 0. The second-order valence-electron chi connectivity index (χ2n) is 10.2. The van der Waals surface area contributed by atoms with E-state index in [0.29, 0.717) is 11.3 Å². The number of carbonyl (C=O) groups is 2. The van der Waals surface area contributed by atoms with Gasteiger partial charge in [0.05, 0.1) is 11.5 Å². The van der Waals surface area contributed by atoms with E-state index in [1.807, 2.05) is 85.8 Å². The van der Waals surface area contributed by atoms with Gasteiger partial charge in [-0.2, -0.15) is 0 Å². The molecule has 0 fully saturated rings. The molecular formula is C34H35N3O2. The molecule has 1 unspecified atom stereocenters. The Morgan fingerprint density at radius 1 is 0.821 bits per heavy atom. The van der Waals surface area contributed by atoms with Crippen molar-refractivity contribution in [3.63, 3.8) is 0 Å². The number of carbonyl (C=O) groups excluding carboxylic acids is 2. The molecule has 198 valence electrons. The zero-order valence-corrected chi connectivity index (χ0v) is 22.6. The van der Waals surface area contributed by atoms with Crippen LogP contribution in [0.25, 0.3) is 0 Å². The molecule has 1 heterocycles. The fraction of sp³-hybridized carbons (Fsp3) is 0.235. The van der Waals surface area contributed by atoms with Crippen molar-refractivity contribution in [1.82, 2.24) is 5.32 Å². The Bertz CT molecular complexity index is 1400. The fourth-order valence-corrected chi connectivity index (χ4v) is 5.18. The fourth-order valence-electron chi connectivity index (χ4n) is 5.18. The molecule has 39 heavy (non-hydrogen) atoms. The predicted molar refractivity (Wildman–Crippen MR) is 158 cm³/mol. The highest BCUT2D eigenvalue weighted by atomic mass is 16.2. The van der Waals surface area contributed by atoms with Gasteiger partial charge in [-0.15, -0.1) is 0 Å². The molecule has 2 N–H and O–H groups in total. The molecule has 1 aliphatic heterocycles. The van der Waals surface area contributed by atoms with Gasteiger partial charge in [-0.1, -0.05) is 91.9 Å².